The summed E-state index contributed by atoms with van der Waals surface area (Å²) in [7, 11) is 0. The van der Waals surface area contributed by atoms with Gasteiger partial charge >= 0.3 is 0 Å². The van der Waals surface area contributed by atoms with Crippen LogP contribution < -0.4 is 4.74 Å². The molecule has 0 bridgehead atoms. The van der Waals surface area contributed by atoms with Crippen LogP contribution in [-0.2, 0) is 0 Å². The second-order valence-electron chi connectivity index (χ2n) is 3.49. The zero-order valence-corrected chi connectivity index (χ0v) is 8.61. The maximum atomic E-state index is 10.4. The highest BCUT2D eigenvalue weighted by Gasteiger charge is 2.23. The van der Waals surface area contributed by atoms with Crippen LogP contribution in [0.3, 0.4) is 0 Å². The van der Waals surface area contributed by atoms with Crippen molar-refractivity contribution in [3.05, 3.63) is 27.4 Å². The number of hydrogen-bond acceptors (Lipinski definition) is 4. The van der Waals surface area contributed by atoms with Gasteiger partial charge in [0.1, 0.15) is 11.2 Å². The van der Waals surface area contributed by atoms with Gasteiger partial charge in [-0.05, 0) is 18.8 Å². The lowest BCUT2D eigenvalue weighted by atomic mass is 10.4. The molecule has 0 amide bonds. The van der Waals surface area contributed by atoms with E-state index in [0.29, 0.717) is 12.5 Å². The first-order chi connectivity index (χ1) is 7.16. The van der Waals surface area contributed by atoms with Crippen molar-refractivity contribution in [2.24, 2.45) is 5.92 Å². The summed E-state index contributed by atoms with van der Waals surface area (Å²) in [6, 6.07) is 1.25. The molecule has 1 saturated carbocycles. The first-order valence-corrected chi connectivity index (χ1v) is 4.97. The molecule has 2 rings (SSSR count). The molecule has 1 aliphatic carbocycles. The fourth-order valence-corrected chi connectivity index (χ4v) is 1.32. The van der Waals surface area contributed by atoms with Crippen LogP contribution in [0.25, 0.3) is 0 Å². The van der Waals surface area contributed by atoms with E-state index < -0.39 is 4.92 Å². The average Bonchev–Trinajstić information content (AvgIpc) is 2.99. The van der Waals surface area contributed by atoms with Gasteiger partial charge in [0.15, 0.2) is 0 Å². The highest BCUT2D eigenvalue weighted by atomic mass is 35.5. The molecule has 1 aromatic rings. The molecular formula is C9H9ClN2O3. The topological polar surface area (TPSA) is 65.3 Å². The molecule has 0 atom stereocenters. The Bertz CT molecular complexity index is 393. The van der Waals surface area contributed by atoms with E-state index in [0.717, 1.165) is 6.20 Å². The van der Waals surface area contributed by atoms with Gasteiger partial charge in [0.2, 0.25) is 5.88 Å². The van der Waals surface area contributed by atoms with Crippen molar-refractivity contribution in [1.82, 2.24) is 4.98 Å². The average molecular weight is 229 g/mol. The minimum Gasteiger partial charge on any atom is -0.476 e. The van der Waals surface area contributed by atoms with Crippen LogP contribution >= 0.6 is 11.6 Å². The molecule has 0 radical (unpaired) electrons. The van der Waals surface area contributed by atoms with Gasteiger partial charge in [-0.1, -0.05) is 11.6 Å². The minimum atomic E-state index is -0.538. The van der Waals surface area contributed by atoms with E-state index >= 15 is 0 Å². The molecule has 6 heteroatoms. The minimum absolute atomic E-state index is 0.126. The van der Waals surface area contributed by atoms with Gasteiger partial charge < -0.3 is 4.74 Å². The second-order valence-corrected chi connectivity index (χ2v) is 3.90. The van der Waals surface area contributed by atoms with Gasteiger partial charge in [-0.15, -0.1) is 0 Å². The summed E-state index contributed by atoms with van der Waals surface area (Å²) in [5.41, 5.74) is -0.126. The summed E-state index contributed by atoms with van der Waals surface area (Å²) in [5, 5.41) is 10.6. The third-order valence-corrected chi connectivity index (χ3v) is 2.43. The lowest BCUT2D eigenvalue weighted by Gasteiger charge is -2.04. The lowest BCUT2D eigenvalue weighted by molar-refractivity contribution is -0.385. The van der Waals surface area contributed by atoms with E-state index in [2.05, 4.69) is 4.98 Å². The Morgan fingerprint density at radius 1 is 1.67 bits per heavy atom. The summed E-state index contributed by atoms with van der Waals surface area (Å²) in [5.74, 6) is 0.868. The van der Waals surface area contributed by atoms with Crippen molar-refractivity contribution >= 4 is 17.3 Å². The molecule has 15 heavy (non-hydrogen) atoms. The summed E-state index contributed by atoms with van der Waals surface area (Å²) in [6.45, 7) is 0.588. The molecule has 0 N–H and O–H groups in total. The standard InChI is InChI=1S/C9H9ClN2O3/c10-8-3-7(12(13)14)4-11-9(8)15-5-6-1-2-6/h3-4,6H,1-2,5H2. The number of ether oxygens (including phenoxy) is 1. The molecular weight excluding hydrogens is 220 g/mol. The Morgan fingerprint density at radius 3 is 2.93 bits per heavy atom. The van der Waals surface area contributed by atoms with Gasteiger partial charge in [0.05, 0.1) is 11.5 Å². The number of hydrogen-bond donors (Lipinski definition) is 0. The molecule has 1 fully saturated rings. The van der Waals surface area contributed by atoms with Gasteiger partial charge in [0, 0.05) is 6.07 Å². The quantitative estimate of drug-likeness (QED) is 0.586. The van der Waals surface area contributed by atoms with Crippen LogP contribution in [0.4, 0.5) is 5.69 Å². The first kappa shape index (κ1) is 10.2. The Kier molecular flexibility index (Phi) is 2.73. The molecule has 1 heterocycles. The highest BCUT2D eigenvalue weighted by Crippen LogP contribution is 2.31. The predicted molar refractivity (Wildman–Crippen MR) is 54.1 cm³/mol. The van der Waals surface area contributed by atoms with Crippen LogP contribution in [0.1, 0.15) is 12.8 Å². The van der Waals surface area contributed by atoms with Crippen LogP contribution in [0.15, 0.2) is 12.3 Å². The van der Waals surface area contributed by atoms with E-state index in [9.17, 15) is 10.1 Å². The van der Waals surface area contributed by atoms with Gasteiger partial charge in [-0.25, -0.2) is 4.98 Å². The van der Waals surface area contributed by atoms with Crippen LogP contribution in [-0.4, -0.2) is 16.5 Å². The number of nitro groups is 1. The number of halogens is 1. The lowest BCUT2D eigenvalue weighted by Crippen LogP contribution is -2.01. The molecule has 1 aromatic heterocycles. The third-order valence-electron chi connectivity index (χ3n) is 2.16. The molecule has 0 aromatic carbocycles. The van der Waals surface area contributed by atoms with Crippen LogP contribution in [0.5, 0.6) is 5.88 Å². The summed E-state index contributed by atoms with van der Waals surface area (Å²) >= 11 is 5.79. The van der Waals surface area contributed by atoms with Crippen molar-refractivity contribution in [3.8, 4) is 5.88 Å². The Hall–Kier alpha value is -1.36. The van der Waals surface area contributed by atoms with Crippen LogP contribution in [0.2, 0.25) is 5.02 Å². The molecule has 80 valence electrons. The Labute approximate surface area is 91.2 Å². The maximum Gasteiger partial charge on any atom is 0.289 e. The van der Waals surface area contributed by atoms with E-state index in [-0.39, 0.29) is 16.6 Å². The number of aromatic nitrogens is 1. The molecule has 0 aliphatic heterocycles. The largest absolute Gasteiger partial charge is 0.476 e. The zero-order valence-electron chi connectivity index (χ0n) is 7.85. The molecule has 0 unspecified atom stereocenters. The first-order valence-electron chi connectivity index (χ1n) is 4.59. The Morgan fingerprint density at radius 2 is 2.40 bits per heavy atom. The molecule has 1 aliphatic rings. The molecule has 0 saturated heterocycles. The third kappa shape index (κ3) is 2.56. The van der Waals surface area contributed by atoms with Crippen molar-refractivity contribution in [3.63, 3.8) is 0 Å². The monoisotopic (exact) mass is 228 g/mol. The smallest absolute Gasteiger partial charge is 0.289 e. The van der Waals surface area contributed by atoms with Crippen molar-refractivity contribution in [2.75, 3.05) is 6.61 Å². The van der Waals surface area contributed by atoms with Crippen LogP contribution in [0, 0.1) is 16.0 Å². The summed E-state index contributed by atoms with van der Waals surface area (Å²) in [6.07, 6.45) is 3.49. The fraction of sp³-hybridized carbons (Fsp3) is 0.444. The Balaban J connectivity index is 2.07. The van der Waals surface area contributed by atoms with E-state index in [1.807, 2.05) is 0 Å². The number of rotatable bonds is 4. The SMILES string of the molecule is O=[N+]([O-])c1cnc(OCC2CC2)c(Cl)c1. The summed E-state index contributed by atoms with van der Waals surface area (Å²) in [4.78, 5) is 13.7. The van der Waals surface area contributed by atoms with E-state index in [4.69, 9.17) is 16.3 Å². The van der Waals surface area contributed by atoms with Gasteiger partial charge in [-0.3, -0.25) is 10.1 Å². The second kappa shape index (κ2) is 4.02. The van der Waals surface area contributed by atoms with Crippen molar-refractivity contribution in [1.29, 1.82) is 0 Å². The number of pyridine rings is 1. The van der Waals surface area contributed by atoms with E-state index in [1.165, 1.54) is 18.9 Å². The van der Waals surface area contributed by atoms with Gasteiger partial charge in [-0.2, -0.15) is 0 Å². The molecule has 5 nitrogen and oxygen atoms in total. The van der Waals surface area contributed by atoms with Gasteiger partial charge in [0.25, 0.3) is 5.69 Å². The maximum absolute atomic E-state index is 10.4. The zero-order chi connectivity index (χ0) is 10.8. The van der Waals surface area contributed by atoms with Crippen molar-refractivity contribution < 1.29 is 9.66 Å². The summed E-state index contributed by atoms with van der Waals surface area (Å²) < 4.78 is 5.33. The van der Waals surface area contributed by atoms with E-state index in [1.54, 1.807) is 0 Å². The molecule has 0 spiro atoms. The fourth-order valence-electron chi connectivity index (χ4n) is 1.10. The normalized spacial score (nSPS) is 15.0. The van der Waals surface area contributed by atoms with Crippen molar-refractivity contribution in [2.45, 2.75) is 12.8 Å². The number of nitrogens with zero attached hydrogens (tertiary/aromatic N) is 2. The highest BCUT2D eigenvalue weighted by molar-refractivity contribution is 6.32. The predicted octanol–water partition coefficient (Wildman–Crippen LogP) is 2.43.